The molecule has 1 aliphatic rings. The summed E-state index contributed by atoms with van der Waals surface area (Å²) in [6.45, 7) is 0.658. The molecular formula is C17H16N4O. The van der Waals surface area contributed by atoms with Crippen molar-refractivity contribution in [3.63, 3.8) is 0 Å². The number of carbonyl (C=O) groups excluding carboxylic acids is 1. The predicted molar refractivity (Wildman–Crippen MR) is 82.5 cm³/mol. The molecule has 110 valence electrons. The van der Waals surface area contributed by atoms with Crippen LogP contribution < -0.4 is 5.32 Å². The van der Waals surface area contributed by atoms with Crippen molar-refractivity contribution in [3.05, 3.63) is 59.4 Å². The Balaban J connectivity index is 1.70. The van der Waals surface area contributed by atoms with E-state index in [-0.39, 0.29) is 17.5 Å². The Hall–Kier alpha value is -2.87. The SMILES string of the molecule is N#C/C(=C\c1cnn(Cc2ccccc2)c1)C(=O)NC1CC1. The highest BCUT2D eigenvalue weighted by molar-refractivity contribution is 6.01. The van der Waals surface area contributed by atoms with Gasteiger partial charge in [-0.15, -0.1) is 0 Å². The summed E-state index contributed by atoms with van der Waals surface area (Å²) in [4.78, 5) is 11.9. The number of amides is 1. The fraction of sp³-hybridized carbons (Fsp3) is 0.235. The van der Waals surface area contributed by atoms with E-state index in [0.717, 1.165) is 24.0 Å². The summed E-state index contributed by atoms with van der Waals surface area (Å²) < 4.78 is 1.79. The minimum Gasteiger partial charge on any atom is -0.349 e. The van der Waals surface area contributed by atoms with E-state index in [1.165, 1.54) is 0 Å². The second-order valence-electron chi connectivity index (χ2n) is 5.37. The van der Waals surface area contributed by atoms with E-state index in [1.54, 1.807) is 17.0 Å². The number of rotatable bonds is 5. The van der Waals surface area contributed by atoms with Crippen molar-refractivity contribution >= 4 is 12.0 Å². The van der Waals surface area contributed by atoms with Crippen molar-refractivity contribution in [1.29, 1.82) is 5.26 Å². The summed E-state index contributed by atoms with van der Waals surface area (Å²) in [6, 6.07) is 12.2. The molecule has 0 radical (unpaired) electrons. The number of aromatic nitrogens is 2. The third-order valence-electron chi connectivity index (χ3n) is 3.43. The number of benzene rings is 1. The van der Waals surface area contributed by atoms with Gasteiger partial charge in [0.2, 0.25) is 0 Å². The maximum Gasteiger partial charge on any atom is 0.262 e. The second-order valence-corrected chi connectivity index (χ2v) is 5.37. The third-order valence-corrected chi connectivity index (χ3v) is 3.43. The molecule has 1 aromatic heterocycles. The van der Waals surface area contributed by atoms with Crippen LogP contribution in [-0.2, 0) is 11.3 Å². The number of hydrogen-bond acceptors (Lipinski definition) is 3. The van der Waals surface area contributed by atoms with Crippen LogP contribution in [0.2, 0.25) is 0 Å². The average molecular weight is 292 g/mol. The maximum atomic E-state index is 11.9. The summed E-state index contributed by atoms with van der Waals surface area (Å²) in [5, 5.41) is 16.2. The van der Waals surface area contributed by atoms with E-state index in [0.29, 0.717) is 6.54 Å². The van der Waals surface area contributed by atoms with Gasteiger partial charge in [-0.05, 0) is 24.5 Å². The van der Waals surface area contributed by atoms with Crippen molar-refractivity contribution in [2.45, 2.75) is 25.4 Å². The summed E-state index contributed by atoms with van der Waals surface area (Å²) in [7, 11) is 0. The van der Waals surface area contributed by atoms with Gasteiger partial charge in [-0.25, -0.2) is 0 Å². The third kappa shape index (κ3) is 3.61. The lowest BCUT2D eigenvalue weighted by Crippen LogP contribution is -2.26. The van der Waals surface area contributed by atoms with Crippen LogP contribution in [0.3, 0.4) is 0 Å². The van der Waals surface area contributed by atoms with Crippen LogP contribution in [0.4, 0.5) is 0 Å². The van der Waals surface area contributed by atoms with Crippen LogP contribution in [0.5, 0.6) is 0 Å². The summed E-state index contributed by atoms with van der Waals surface area (Å²) in [6.07, 6.45) is 7.06. The van der Waals surface area contributed by atoms with Crippen molar-refractivity contribution in [3.8, 4) is 6.07 Å². The van der Waals surface area contributed by atoms with Crippen LogP contribution in [0.15, 0.2) is 48.3 Å². The molecule has 1 saturated carbocycles. The fourth-order valence-corrected chi connectivity index (χ4v) is 2.12. The number of hydrogen-bond donors (Lipinski definition) is 1. The molecule has 5 nitrogen and oxygen atoms in total. The molecule has 0 unspecified atom stereocenters. The molecule has 3 rings (SSSR count). The lowest BCUT2D eigenvalue weighted by Gasteiger charge is -2.01. The highest BCUT2D eigenvalue weighted by atomic mass is 16.1. The minimum absolute atomic E-state index is 0.117. The van der Waals surface area contributed by atoms with E-state index in [9.17, 15) is 4.79 Å². The number of nitrogens with zero attached hydrogens (tertiary/aromatic N) is 3. The first-order chi connectivity index (χ1) is 10.7. The van der Waals surface area contributed by atoms with Gasteiger partial charge in [0.1, 0.15) is 11.6 Å². The van der Waals surface area contributed by atoms with Crippen molar-refractivity contribution in [2.24, 2.45) is 0 Å². The Morgan fingerprint density at radius 3 is 2.86 bits per heavy atom. The summed E-state index contributed by atoms with van der Waals surface area (Å²) in [5.41, 5.74) is 2.01. The molecule has 0 saturated heterocycles. The van der Waals surface area contributed by atoms with Gasteiger partial charge in [-0.2, -0.15) is 10.4 Å². The Morgan fingerprint density at radius 2 is 2.18 bits per heavy atom. The van der Waals surface area contributed by atoms with Gasteiger partial charge in [0.25, 0.3) is 5.91 Å². The van der Waals surface area contributed by atoms with Crippen molar-refractivity contribution in [2.75, 3.05) is 0 Å². The van der Waals surface area contributed by atoms with Gasteiger partial charge in [-0.1, -0.05) is 30.3 Å². The predicted octanol–water partition coefficient (Wildman–Crippen LogP) is 2.12. The maximum absolute atomic E-state index is 11.9. The summed E-state index contributed by atoms with van der Waals surface area (Å²) in [5.74, 6) is -0.305. The first-order valence-corrected chi connectivity index (χ1v) is 7.23. The molecule has 1 N–H and O–H groups in total. The van der Waals surface area contributed by atoms with Crippen LogP contribution in [-0.4, -0.2) is 21.7 Å². The molecule has 22 heavy (non-hydrogen) atoms. The smallest absolute Gasteiger partial charge is 0.262 e. The normalized spacial score (nSPS) is 14.4. The minimum atomic E-state index is -0.305. The largest absolute Gasteiger partial charge is 0.349 e. The van der Waals surface area contributed by atoms with E-state index in [4.69, 9.17) is 5.26 Å². The quantitative estimate of drug-likeness (QED) is 0.678. The summed E-state index contributed by atoms with van der Waals surface area (Å²) >= 11 is 0. The first kappa shape index (κ1) is 14.1. The zero-order valence-electron chi connectivity index (χ0n) is 12.1. The van der Waals surface area contributed by atoms with E-state index >= 15 is 0 Å². The molecule has 0 bridgehead atoms. The van der Waals surface area contributed by atoms with Gasteiger partial charge in [-0.3, -0.25) is 9.48 Å². The Bertz CT molecular complexity index is 736. The highest BCUT2D eigenvalue weighted by Gasteiger charge is 2.24. The van der Waals surface area contributed by atoms with Crippen LogP contribution in [0.1, 0.15) is 24.0 Å². The molecule has 0 spiro atoms. The lowest BCUT2D eigenvalue weighted by atomic mass is 10.2. The molecule has 1 aliphatic carbocycles. The standard InChI is InChI=1S/C17H16N4O/c18-9-15(17(22)20-16-6-7-16)8-14-10-19-21(12-14)11-13-4-2-1-3-5-13/h1-5,8,10,12,16H,6-7,11H2,(H,20,22)/b15-8+. The van der Waals surface area contributed by atoms with E-state index in [2.05, 4.69) is 10.4 Å². The number of nitriles is 1. The average Bonchev–Trinajstić information content (AvgIpc) is 3.24. The number of carbonyl (C=O) groups is 1. The van der Waals surface area contributed by atoms with Crippen LogP contribution >= 0.6 is 0 Å². The molecule has 1 aromatic carbocycles. The van der Waals surface area contributed by atoms with Gasteiger partial charge in [0.15, 0.2) is 0 Å². The molecule has 2 aromatic rings. The van der Waals surface area contributed by atoms with Crippen molar-refractivity contribution in [1.82, 2.24) is 15.1 Å². The topological polar surface area (TPSA) is 70.7 Å². The molecular weight excluding hydrogens is 276 g/mol. The van der Waals surface area contributed by atoms with E-state index < -0.39 is 0 Å². The number of nitrogens with one attached hydrogen (secondary N) is 1. The van der Waals surface area contributed by atoms with Crippen LogP contribution in [0, 0.1) is 11.3 Å². The van der Waals surface area contributed by atoms with Gasteiger partial charge in [0.05, 0.1) is 12.7 Å². The molecule has 1 fully saturated rings. The zero-order valence-corrected chi connectivity index (χ0v) is 12.1. The zero-order chi connectivity index (χ0) is 15.4. The Labute approximate surface area is 128 Å². The second kappa shape index (κ2) is 6.27. The molecule has 0 aliphatic heterocycles. The van der Waals surface area contributed by atoms with Gasteiger partial charge in [0, 0.05) is 17.8 Å². The van der Waals surface area contributed by atoms with Crippen molar-refractivity contribution < 1.29 is 4.79 Å². The molecule has 1 heterocycles. The molecule has 5 heteroatoms. The van der Waals surface area contributed by atoms with Gasteiger partial charge < -0.3 is 5.32 Å². The molecule has 0 atom stereocenters. The highest BCUT2D eigenvalue weighted by Crippen LogP contribution is 2.19. The first-order valence-electron chi connectivity index (χ1n) is 7.23. The van der Waals surface area contributed by atoms with Crippen LogP contribution in [0.25, 0.3) is 6.08 Å². The monoisotopic (exact) mass is 292 g/mol. The Morgan fingerprint density at radius 1 is 1.41 bits per heavy atom. The molecule has 1 amide bonds. The lowest BCUT2D eigenvalue weighted by molar-refractivity contribution is -0.117. The van der Waals surface area contributed by atoms with Gasteiger partial charge >= 0.3 is 0 Å². The van der Waals surface area contributed by atoms with E-state index in [1.807, 2.05) is 42.6 Å². The Kier molecular flexibility index (Phi) is 4.01. The fourth-order valence-electron chi connectivity index (χ4n) is 2.12.